The van der Waals surface area contributed by atoms with Gasteiger partial charge < -0.3 is 19.8 Å². The molecule has 0 unspecified atom stereocenters. The lowest BCUT2D eigenvalue weighted by molar-refractivity contribution is -0.118. The number of ether oxygens (including phenoxy) is 1. The molecule has 2 N–H and O–H groups in total. The number of methoxy groups -OCH3 is 1. The largest absolute Gasteiger partial charge is 0.497 e. The molecule has 0 bridgehead atoms. The Labute approximate surface area is 159 Å². The van der Waals surface area contributed by atoms with Crippen LogP contribution in [0.4, 0.5) is 5.13 Å². The second-order valence-corrected chi connectivity index (χ2v) is 7.42. The molecule has 0 aliphatic rings. The van der Waals surface area contributed by atoms with Crippen molar-refractivity contribution in [3.63, 3.8) is 0 Å². The van der Waals surface area contributed by atoms with E-state index in [2.05, 4.69) is 20.8 Å². The molecule has 1 amide bonds. The number of amides is 1. The number of nitrogens with zero attached hydrogens (tertiary/aromatic N) is 2. The summed E-state index contributed by atoms with van der Waals surface area (Å²) in [6, 6.07) is 11.3. The standard InChI is InChI=1S/C17H18N4O3S2/c1-23-13-6-4-12(5-7-13)9-18-15(22)11-25-17-21-20-16(26-17)19-10-14-3-2-8-24-14/h2-8H,9-11H2,1H3,(H,18,22)(H,19,20). The molecule has 1 aromatic carbocycles. The average Bonchev–Trinajstić information content (AvgIpc) is 3.35. The normalized spacial score (nSPS) is 10.5. The number of rotatable bonds is 9. The van der Waals surface area contributed by atoms with E-state index in [-0.39, 0.29) is 5.91 Å². The summed E-state index contributed by atoms with van der Waals surface area (Å²) in [5, 5.41) is 14.8. The van der Waals surface area contributed by atoms with Gasteiger partial charge in [-0.15, -0.1) is 10.2 Å². The molecule has 136 valence electrons. The summed E-state index contributed by atoms with van der Waals surface area (Å²) in [5.41, 5.74) is 1.02. The van der Waals surface area contributed by atoms with Gasteiger partial charge >= 0.3 is 0 Å². The van der Waals surface area contributed by atoms with Gasteiger partial charge in [0.1, 0.15) is 11.5 Å². The smallest absolute Gasteiger partial charge is 0.230 e. The third-order valence-corrected chi connectivity index (χ3v) is 5.39. The molecule has 0 aliphatic carbocycles. The SMILES string of the molecule is COc1ccc(CNC(=O)CSc2nnc(NCc3ccco3)s2)cc1. The number of nitrogens with one attached hydrogen (secondary N) is 2. The predicted molar refractivity (Wildman–Crippen MR) is 102 cm³/mol. The minimum Gasteiger partial charge on any atom is -0.497 e. The monoisotopic (exact) mass is 390 g/mol. The Morgan fingerprint density at radius 1 is 1.23 bits per heavy atom. The highest BCUT2D eigenvalue weighted by molar-refractivity contribution is 8.01. The quantitative estimate of drug-likeness (QED) is 0.543. The molecule has 3 aromatic rings. The Bertz CT molecular complexity index is 819. The van der Waals surface area contributed by atoms with Crippen LogP contribution in [0.2, 0.25) is 0 Å². The molecule has 2 heterocycles. The van der Waals surface area contributed by atoms with Crippen molar-refractivity contribution in [2.75, 3.05) is 18.2 Å². The van der Waals surface area contributed by atoms with Gasteiger partial charge in [-0.2, -0.15) is 0 Å². The lowest BCUT2D eigenvalue weighted by Gasteiger charge is -2.05. The van der Waals surface area contributed by atoms with Gasteiger partial charge in [-0.1, -0.05) is 35.2 Å². The van der Waals surface area contributed by atoms with E-state index in [0.29, 0.717) is 24.0 Å². The Hall–Kier alpha value is -2.52. The van der Waals surface area contributed by atoms with Crippen LogP contribution in [-0.2, 0) is 17.9 Å². The van der Waals surface area contributed by atoms with Crippen LogP contribution in [0.3, 0.4) is 0 Å². The lowest BCUT2D eigenvalue weighted by atomic mass is 10.2. The van der Waals surface area contributed by atoms with Gasteiger partial charge in [0.05, 0.1) is 25.7 Å². The highest BCUT2D eigenvalue weighted by atomic mass is 32.2. The number of furan rings is 1. The highest BCUT2D eigenvalue weighted by Crippen LogP contribution is 2.25. The molecule has 9 heteroatoms. The van der Waals surface area contributed by atoms with Crippen molar-refractivity contribution >= 4 is 34.1 Å². The third-order valence-electron chi connectivity index (χ3n) is 3.38. The molecule has 7 nitrogen and oxygen atoms in total. The fraction of sp³-hybridized carbons (Fsp3) is 0.235. The summed E-state index contributed by atoms with van der Waals surface area (Å²) in [6.07, 6.45) is 1.63. The number of hydrogen-bond acceptors (Lipinski definition) is 8. The zero-order valence-electron chi connectivity index (χ0n) is 14.1. The second kappa shape index (κ2) is 9.25. The van der Waals surface area contributed by atoms with Gasteiger partial charge in [0, 0.05) is 6.54 Å². The topological polar surface area (TPSA) is 89.3 Å². The van der Waals surface area contributed by atoms with Crippen molar-refractivity contribution in [2.24, 2.45) is 0 Å². The van der Waals surface area contributed by atoms with Crippen molar-refractivity contribution in [3.05, 3.63) is 54.0 Å². The Balaban J connectivity index is 1.38. The lowest BCUT2D eigenvalue weighted by Crippen LogP contribution is -2.24. The Kier molecular flexibility index (Phi) is 6.50. The maximum absolute atomic E-state index is 12.0. The number of anilines is 1. The number of carbonyl (C=O) groups is 1. The number of aromatic nitrogens is 2. The van der Waals surface area contributed by atoms with Gasteiger partial charge in [-0.05, 0) is 29.8 Å². The van der Waals surface area contributed by atoms with Crippen LogP contribution in [0.25, 0.3) is 0 Å². The van der Waals surface area contributed by atoms with Crippen LogP contribution in [0.15, 0.2) is 51.4 Å². The van der Waals surface area contributed by atoms with Crippen molar-refractivity contribution < 1.29 is 13.9 Å². The first-order valence-electron chi connectivity index (χ1n) is 7.85. The van der Waals surface area contributed by atoms with E-state index in [1.807, 2.05) is 36.4 Å². The first kappa shape index (κ1) is 18.3. The fourth-order valence-electron chi connectivity index (χ4n) is 2.04. The zero-order chi connectivity index (χ0) is 18.2. The van der Waals surface area contributed by atoms with Gasteiger partial charge in [0.2, 0.25) is 11.0 Å². The fourth-order valence-corrected chi connectivity index (χ4v) is 3.62. The van der Waals surface area contributed by atoms with Gasteiger partial charge in [0.25, 0.3) is 0 Å². The van der Waals surface area contributed by atoms with E-state index in [9.17, 15) is 4.79 Å². The van der Waals surface area contributed by atoms with E-state index in [0.717, 1.165) is 21.4 Å². The van der Waals surface area contributed by atoms with Crippen LogP contribution < -0.4 is 15.4 Å². The third kappa shape index (κ3) is 5.50. The van der Waals surface area contributed by atoms with Gasteiger partial charge in [0.15, 0.2) is 4.34 Å². The molecule has 0 radical (unpaired) electrons. The van der Waals surface area contributed by atoms with Crippen molar-refractivity contribution in [3.8, 4) is 5.75 Å². The molecule has 0 saturated heterocycles. The molecule has 0 spiro atoms. The summed E-state index contributed by atoms with van der Waals surface area (Å²) < 4.78 is 11.1. The minimum absolute atomic E-state index is 0.0499. The maximum atomic E-state index is 12.0. The molecular formula is C17H18N4O3S2. The van der Waals surface area contributed by atoms with Crippen LogP contribution in [0.1, 0.15) is 11.3 Å². The van der Waals surface area contributed by atoms with E-state index >= 15 is 0 Å². The van der Waals surface area contributed by atoms with Crippen molar-refractivity contribution in [1.82, 2.24) is 15.5 Å². The van der Waals surface area contributed by atoms with E-state index < -0.39 is 0 Å². The first-order chi connectivity index (χ1) is 12.7. The second-order valence-electron chi connectivity index (χ2n) is 5.22. The van der Waals surface area contributed by atoms with Gasteiger partial charge in [-0.3, -0.25) is 4.79 Å². The zero-order valence-corrected chi connectivity index (χ0v) is 15.7. The molecule has 0 aliphatic heterocycles. The number of thioether (sulfide) groups is 1. The summed E-state index contributed by atoms with van der Waals surface area (Å²) in [5.74, 6) is 1.87. The summed E-state index contributed by atoms with van der Waals surface area (Å²) in [7, 11) is 1.62. The molecule has 2 aromatic heterocycles. The summed E-state index contributed by atoms with van der Waals surface area (Å²) in [6.45, 7) is 1.03. The van der Waals surface area contributed by atoms with Gasteiger partial charge in [-0.25, -0.2) is 0 Å². The Morgan fingerprint density at radius 3 is 2.81 bits per heavy atom. The predicted octanol–water partition coefficient (Wildman–Crippen LogP) is 3.16. The highest BCUT2D eigenvalue weighted by Gasteiger charge is 2.08. The van der Waals surface area contributed by atoms with Crippen molar-refractivity contribution in [2.45, 2.75) is 17.4 Å². The van der Waals surface area contributed by atoms with E-state index in [1.54, 1.807) is 13.4 Å². The number of carbonyl (C=O) groups excluding carboxylic acids is 1. The van der Waals surface area contributed by atoms with Crippen LogP contribution >= 0.6 is 23.1 Å². The number of hydrogen-bond donors (Lipinski definition) is 2. The average molecular weight is 390 g/mol. The van der Waals surface area contributed by atoms with Crippen LogP contribution in [0.5, 0.6) is 5.75 Å². The Morgan fingerprint density at radius 2 is 2.08 bits per heavy atom. The molecule has 26 heavy (non-hydrogen) atoms. The summed E-state index contributed by atoms with van der Waals surface area (Å²) in [4.78, 5) is 12.0. The maximum Gasteiger partial charge on any atom is 0.230 e. The van der Waals surface area contributed by atoms with E-state index in [4.69, 9.17) is 9.15 Å². The molecule has 0 saturated carbocycles. The molecule has 3 rings (SSSR count). The molecule has 0 fully saturated rings. The van der Waals surface area contributed by atoms with E-state index in [1.165, 1.54) is 23.1 Å². The minimum atomic E-state index is -0.0499. The number of benzene rings is 1. The molecule has 0 atom stereocenters. The first-order valence-corrected chi connectivity index (χ1v) is 9.65. The molecular weight excluding hydrogens is 372 g/mol. The van der Waals surface area contributed by atoms with Crippen molar-refractivity contribution in [1.29, 1.82) is 0 Å². The van der Waals surface area contributed by atoms with Crippen LogP contribution in [-0.4, -0.2) is 29.0 Å². The van der Waals surface area contributed by atoms with Crippen LogP contribution in [0, 0.1) is 0 Å². The summed E-state index contributed by atoms with van der Waals surface area (Å²) >= 11 is 2.77.